The van der Waals surface area contributed by atoms with E-state index in [9.17, 15) is 23.1 Å². The summed E-state index contributed by atoms with van der Waals surface area (Å²) >= 11 is 0. The number of hydrogen-bond donors (Lipinski definition) is 1. The highest BCUT2D eigenvalue weighted by atomic mass is 19.4. The Kier molecular flexibility index (Phi) is 5.44. The zero-order valence-electron chi connectivity index (χ0n) is 18.3. The van der Waals surface area contributed by atoms with Crippen molar-refractivity contribution < 1.29 is 27.8 Å². The molecular weight excluding hydrogens is 431 g/mol. The Morgan fingerprint density at radius 1 is 0.879 bits per heavy atom. The normalized spacial score (nSPS) is 12.2. The van der Waals surface area contributed by atoms with E-state index < -0.39 is 17.7 Å². The van der Waals surface area contributed by atoms with Crippen molar-refractivity contribution in [3.05, 3.63) is 89.6 Å². The third-order valence-electron chi connectivity index (χ3n) is 5.40. The molecular formula is C26H22F3NO3. The van der Waals surface area contributed by atoms with Crippen molar-refractivity contribution in [2.45, 2.75) is 32.4 Å². The fourth-order valence-corrected chi connectivity index (χ4v) is 3.74. The molecule has 0 fully saturated rings. The second-order valence-corrected chi connectivity index (χ2v) is 8.76. The number of alkyl halides is 3. The summed E-state index contributed by atoms with van der Waals surface area (Å²) in [6.07, 6.45) is -4.54. The van der Waals surface area contributed by atoms with Crippen LogP contribution >= 0.6 is 0 Å². The SMILES string of the molecule is CC(C)(C)c1ccc(-n2c(C(=O)O)c(Oc3cccc(C(F)(F)F)c3)c3ccccc32)cc1. The number of hydrogen-bond acceptors (Lipinski definition) is 2. The Bertz CT molecular complexity index is 1330. The summed E-state index contributed by atoms with van der Waals surface area (Å²) in [6.45, 7) is 6.24. The Balaban J connectivity index is 1.91. The van der Waals surface area contributed by atoms with Crippen molar-refractivity contribution in [1.82, 2.24) is 4.57 Å². The predicted octanol–water partition coefficient (Wildman–Crippen LogP) is 7.44. The van der Waals surface area contributed by atoms with Crippen LogP contribution in [0.4, 0.5) is 13.2 Å². The first-order chi connectivity index (χ1) is 15.5. The van der Waals surface area contributed by atoms with Crippen molar-refractivity contribution in [3.8, 4) is 17.2 Å². The van der Waals surface area contributed by atoms with Crippen molar-refractivity contribution >= 4 is 16.9 Å². The van der Waals surface area contributed by atoms with Gasteiger partial charge in [0, 0.05) is 11.1 Å². The molecule has 0 aliphatic rings. The summed E-state index contributed by atoms with van der Waals surface area (Å²) < 4.78 is 46.8. The smallest absolute Gasteiger partial charge is 0.416 e. The molecule has 0 radical (unpaired) electrons. The first kappa shape index (κ1) is 22.5. The predicted molar refractivity (Wildman–Crippen MR) is 120 cm³/mol. The Labute approximate surface area is 188 Å². The van der Waals surface area contributed by atoms with Crippen LogP contribution in [-0.2, 0) is 11.6 Å². The van der Waals surface area contributed by atoms with Gasteiger partial charge in [0.2, 0.25) is 0 Å². The summed E-state index contributed by atoms with van der Waals surface area (Å²) in [5.74, 6) is -1.37. The number of para-hydroxylation sites is 1. The van der Waals surface area contributed by atoms with Crippen molar-refractivity contribution in [3.63, 3.8) is 0 Å². The highest BCUT2D eigenvalue weighted by molar-refractivity contribution is 6.02. The van der Waals surface area contributed by atoms with Crippen LogP contribution in [0.2, 0.25) is 0 Å². The van der Waals surface area contributed by atoms with E-state index in [1.54, 1.807) is 28.8 Å². The molecule has 3 aromatic carbocycles. The molecule has 0 amide bonds. The molecule has 0 spiro atoms. The molecule has 33 heavy (non-hydrogen) atoms. The maximum Gasteiger partial charge on any atom is 0.416 e. The van der Waals surface area contributed by atoms with Gasteiger partial charge in [-0.05, 0) is 53.4 Å². The Hall–Kier alpha value is -3.74. The maximum absolute atomic E-state index is 13.2. The minimum Gasteiger partial charge on any atom is -0.476 e. The fraction of sp³-hybridized carbons (Fsp3) is 0.192. The zero-order chi connectivity index (χ0) is 24.0. The van der Waals surface area contributed by atoms with Crippen LogP contribution in [0, 0.1) is 0 Å². The molecule has 7 heteroatoms. The van der Waals surface area contributed by atoms with E-state index in [0.29, 0.717) is 16.6 Å². The van der Waals surface area contributed by atoms with Gasteiger partial charge in [-0.25, -0.2) is 4.79 Å². The number of carboxylic acids is 1. The number of aromatic carboxylic acids is 1. The van der Waals surface area contributed by atoms with Crippen LogP contribution in [-0.4, -0.2) is 15.6 Å². The van der Waals surface area contributed by atoms with Crippen LogP contribution < -0.4 is 4.74 Å². The topological polar surface area (TPSA) is 51.5 Å². The standard InChI is InChI=1S/C26H22F3NO3/c1-25(2,3)16-11-13-18(14-12-16)30-21-10-5-4-9-20(21)23(22(30)24(31)32)33-19-8-6-7-17(15-19)26(27,28)29/h4-15H,1-3H3,(H,31,32). The molecule has 170 valence electrons. The number of carbonyl (C=O) groups is 1. The van der Waals surface area contributed by atoms with Gasteiger partial charge in [-0.3, -0.25) is 0 Å². The van der Waals surface area contributed by atoms with Gasteiger partial charge in [-0.2, -0.15) is 13.2 Å². The van der Waals surface area contributed by atoms with E-state index in [4.69, 9.17) is 4.74 Å². The molecule has 0 saturated carbocycles. The molecule has 0 aliphatic carbocycles. The van der Waals surface area contributed by atoms with Gasteiger partial charge in [0.25, 0.3) is 0 Å². The van der Waals surface area contributed by atoms with Gasteiger partial charge in [0.15, 0.2) is 11.4 Å². The lowest BCUT2D eigenvalue weighted by Crippen LogP contribution is -2.12. The summed E-state index contributed by atoms with van der Waals surface area (Å²) in [4.78, 5) is 12.3. The third-order valence-corrected chi connectivity index (χ3v) is 5.40. The lowest BCUT2D eigenvalue weighted by molar-refractivity contribution is -0.137. The summed E-state index contributed by atoms with van der Waals surface area (Å²) in [7, 11) is 0. The molecule has 4 aromatic rings. The highest BCUT2D eigenvalue weighted by Crippen LogP contribution is 2.40. The van der Waals surface area contributed by atoms with Gasteiger partial charge in [-0.1, -0.05) is 51.1 Å². The number of rotatable bonds is 4. The minimum atomic E-state index is -4.54. The molecule has 0 aliphatic heterocycles. The van der Waals surface area contributed by atoms with Crippen LogP contribution in [0.25, 0.3) is 16.6 Å². The van der Waals surface area contributed by atoms with E-state index in [2.05, 4.69) is 20.8 Å². The lowest BCUT2D eigenvalue weighted by atomic mass is 9.87. The number of benzene rings is 3. The lowest BCUT2D eigenvalue weighted by Gasteiger charge is -2.19. The molecule has 1 N–H and O–H groups in total. The molecule has 0 unspecified atom stereocenters. The quantitative estimate of drug-likeness (QED) is 0.349. The van der Waals surface area contributed by atoms with Gasteiger partial charge in [0.05, 0.1) is 11.1 Å². The van der Waals surface area contributed by atoms with Gasteiger partial charge in [-0.15, -0.1) is 0 Å². The molecule has 0 atom stereocenters. The minimum absolute atomic E-state index is 0.0164. The van der Waals surface area contributed by atoms with Crippen LogP contribution in [0.5, 0.6) is 11.5 Å². The monoisotopic (exact) mass is 453 g/mol. The molecule has 1 heterocycles. The molecule has 0 saturated heterocycles. The first-order valence-electron chi connectivity index (χ1n) is 10.3. The summed E-state index contributed by atoms with van der Waals surface area (Å²) in [5.41, 5.74) is 1.14. The molecule has 4 nitrogen and oxygen atoms in total. The number of aromatic nitrogens is 1. The third kappa shape index (κ3) is 4.31. The van der Waals surface area contributed by atoms with E-state index in [1.165, 1.54) is 12.1 Å². The fourth-order valence-electron chi connectivity index (χ4n) is 3.74. The van der Waals surface area contributed by atoms with Crippen molar-refractivity contribution in [2.75, 3.05) is 0 Å². The number of carboxylic acid groups (broad SMARTS) is 1. The first-order valence-corrected chi connectivity index (χ1v) is 10.3. The average Bonchev–Trinajstić information content (AvgIpc) is 3.07. The second-order valence-electron chi connectivity index (χ2n) is 8.76. The van der Waals surface area contributed by atoms with Crippen LogP contribution in [0.3, 0.4) is 0 Å². The molecule has 1 aromatic heterocycles. The molecule has 0 bridgehead atoms. The second kappa shape index (κ2) is 7.99. The summed E-state index contributed by atoms with van der Waals surface area (Å²) in [5, 5.41) is 10.6. The van der Waals surface area contributed by atoms with Crippen molar-refractivity contribution in [1.29, 1.82) is 0 Å². The van der Waals surface area contributed by atoms with Gasteiger partial charge < -0.3 is 14.4 Å². The van der Waals surface area contributed by atoms with Crippen molar-refractivity contribution in [2.24, 2.45) is 0 Å². The van der Waals surface area contributed by atoms with E-state index in [0.717, 1.165) is 17.7 Å². The number of nitrogens with zero attached hydrogens (tertiary/aromatic N) is 1. The largest absolute Gasteiger partial charge is 0.476 e. The van der Waals surface area contributed by atoms with Gasteiger partial charge >= 0.3 is 12.1 Å². The zero-order valence-corrected chi connectivity index (χ0v) is 18.3. The maximum atomic E-state index is 13.2. The van der Waals surface area contributed by atoms with E-state index >= 15 is 0 Å². The Morgan fingerprint density at radius 3 is 2.15 bits per heavy atom. The summed E-state index contributed by atoms with van der Waals surface area (Å²) in [6, 6.07) is 18.8. The van der Waals surface area contributed by atoms with Gasteiger partial charge in [0.1, 0.15) is 5.75 Å². The van der Waals surface area contributed by atoms with Crippen LogP contribution in [0.15, 0.2) is 72.8 Å². The number of fused-ring (bicyclic) bond motifs is 1. The number of halogens is 3. The van der Waals surface area contributed by atoms with E-state index in [-0.39, 0.29) is 22.6 Å². The Morgan fingerprint density at radius 2 is 1.55 bits per heavy atom. The molecule has 4 rings (SSSR count). The van der Waals surface area contributed by atoms with E-state index in [1.807, 2.05) is 24.3 Å². The van der Waals surface area contributed by atoms with Crippen LogP contribution in [0.1, 0.15) is 42.4 Å². The highest BCUT2D eigenvalue weighted by Gasteiger charge is 2.31. The number of ether oxygens (including phenoxy) is 1. The average molecular weight is 453 g/mol.